The molecule has 20 heavy (non-hydrogen) atoms. The third-order valence-corrected chi connectivity index (χ3v) is 4.19. The number of halogens is 1. The number of hydrogen-bond acceptors (Lipinski definition) is 2. The normalized spacial score (nSPS) is 13.2. The molecule has 0 N–H and O–H groups in total. The Morgan fingerprint density at radius 1 is 1.35 bits per heavy atom. The zero-order valence-corrected chi connectivity index (χ0v) is 13.4. The topological polar surface area (TPSA) is 21.1 Å². The van der Waals surface area contributed by atoms with Crippen molar-refractivity contribution in [1.29, 1.82) is 0 Å². The lowest BCUT2D eigenvalue weighted by Gasteiger charge is -2.23. The highest BCUT2D eigenvalue weighted by Gasteiger charge is 2.13. The minimum atomic E-state index is 0.0261. The van der Waals surface area contributed by atoms with Crippen LogP contribution < -0.4 is 0 Å². The van der Waals surface area contributed by atoms with Gasteiger partial charge in [0.05, 0.1) is 22.7 Å². The molecular formula is C16H24ClN3. The van der Waals surface area contributed by atoms with Crippen molar-refractivity contribution >= 4 is 22.6 Å². The van der Waals surface area contributed by atoms with Gasteiger partial charge in [-0.25, -0.2) is 4.98 Å². The van der Waals surface area contributed by atoms with E-state index in [4.69, 9.17) is 11.6 Å². The van der Waals surface area contributed by atoms with E-state index in [1.807, 2.05) is 17.9 Å². The lowest BCUT2D eigenvalue weighted by molar-refractivity contribution is 0.283. The van der Waals surface area contributed by atoms with Crippen LogP contribution in [0, 0.1) is 0 Å². The fourth-order valence-electron chi connectivity index (χ4n) is 2.44. The number of alkyl halides is 1. The molecule has 1 atom stereocenters. The second kappa shape index (κ2) is 7.09. The van der Waals surface area contributed by atoms with Gasteiger partial charge in [-0.3, -0.25) is 0 Å². The standard InChI is InChI=1S/C16H24ClN3/c1-4-6-9-20(5-2)11-14(17)13-7-8-16-15(10-13)18-12-19(16)3/h7-8,10,12,14H,4-6,9,11H2,1-3H3. The van der Waals surface area contributed by atoms with E-state index in [1.54, 1.807) is 0 Å². The summed E-state index contributed by atoms with van der Waals surface area (Å²) in [6.07, 6.45) is 4.30. The molecule has 0 saturated carbocycles. The van der Waals surface area contributed by atoms with Crippen LogP contribution >= 0.6 is 11.6 Å². The molecule has 1 heterocycles. The Morgan fingerprint density at radius 2 is 2.15 bits per heavy atom. The van der Waals surface area contributed by atoms with E-state index < -0.39 is 0 Å². The van der Waals surface area contributed by atoms with Gasteiger partial charge >= 0.3 is 0 Å². The molecule has 2 rings (SSSR count). The molecule has 0 saturated heterocycles. The quantitative estimate of drug-likeness (QED) is 0.720. The molecule has 0 aliphatic heterocycles. The van der Waals surface area contributed by atoms with Crippen LogP contribution in [0.15, 0.2) is 24.5 Å². The van der Waals surface area contributed by atoms with Crippen LogP contribution in [0.1, 0.15) is 37.6 Å². The number of likely N-dealkylation sites (N-methyl/N-ethyl adjacent to an activating group) is 1. The van der Waals surface area contributed by atoms with Gasteiger partial charge in [0.15, 0.2) is 0 Å². The fourth-order valence-corrected chi connectivity index (χ4v) is 2.77. The van der Waals surface area contributed by atoms with E-state index >= 15 is 0 Å². The van der Waals surface area contributed by atoms with Crippen LogP contribution in [0.5, 0.6) is 0 Å². The molecule has 1 aromatic heterocycles. The van der Waals surface area contributed by atoms with E-state index in [-0.39, 0.29) is 5.38 Å². The zero-order valence-electron chi connectivity index (χ0n) is 12.6. The summed E-state index contributed by atoms with van der Waals surface area (Å²) in [6, 6.07) is 6.34. The Balaban J connectivity index is 2.07. The minimum Gasteiger partial charge on any atom is -0.334 e. The Hall–Kier alpha value is -1.06. The van der Waals surface area contributed by atoms with Crippen molar-refractivity contribution in [1.82, 2.24) is 14.5 Å². The van der Waals surface area contributed by atoms with Gasteiger partial charge in [-0.05, 0) is 37.2 Å². The SMILES string of the molecule is CCCCN(CC)CC(Cl)c1ccc2c(c1)ncn2C. The maximum atomic E-state index is 6.59. The van der Waals surface area contributed by atoms with Crippen molar-refractivity contribution in [2.24, 2.45) is 7.05 Å². The predicted octanol–water partition coefficient (Wildman–Crippen LogP) is 3.98. The highest BCUT2D eigenvalue weighted by Crippen LogP contribution is 2.25. The monoisotopic (exact) mass is 293 g/mol. The maximum absolute atomic E-state index is 6.59. The lowest BCUT2D eigenvalue weighted by atomic mass is 10.1. The number of fused-ring (bicyclic) bond motifs is 1. The molecule has 3 nitrogen and oxygen atoms in total. The molecule has 0 aliphatic carbocycles. The van der Waals surface area contributed by atoms with Crippen LogP contribution in [0.25, 0.3) is 11.0 Å². The van der Waals surface area contributed by atoms with E-state index in [2.05, 4.69) is 41.9 Å². The van der Waals surface area contributed by atoms with Crippen LogP contribution in [0.4, 0.5) is 0 Å². The molecule has 1 unspecified atom stereocenters. The summed E-state index contributed by atoms with van der Waals surface area (Å²) in [5.74, 6) is 0. The molecule has 0 aliphatic rings. The number of unbranched alkanes of at least 4 members (excludes halogenated alkanes) is 1. The van der Waals surface area contributed by atoms with Crippen molar-refractivity contribution in [3.63, 3.8) is 0 Å². The molecular weight excluding hydrogens is 270 g/mol. The van der Waals surface area contributed by atoms with Crippen LogP contribution in [0.2, 0.25) is 0 Å². The van der Waals surface area contributed by atoms with Gasteiger partial charge in [0.1, 0.15) is 0 Å². The van der Waals surface area contributed by atoms with Crippen LogP contribution in [-0.2, 0) is 7.05 Å². The first-order valence-electron chi connectivity index (χ1n) is 7.43. The Bertz CT molecular complexity index is 550. The first-order chi connectivity index (χ1) is 9.65. The lowest BCUT2D eigenvalue weighted by Crippen LogP contribution is -2.28. The Labute approximate surface area is 126 Å². The number of rotatable bonds is 7. The smallest absolute Gasteiger partial charge is 0.0955 e. The number of hydrogen-bond donors (Lipinski definition) is 0. The number of nitrogens with zero attached hydrogens (tertiary/aromatic N) is 3. The van der Waals surface area contributed by atoms with Crippen molar-refractivity contribution in [3.8, 4) is 0 Å². The molecule has 0 bridgehead atoms. The summed E-state index contributed by atoms with van der Waals surface area (Å²) in [5, 5.41) is 0.0261. The minimum absolute atomic E-state index is 0.0261. The third-order valence-electron chi connectivity index (χ3n) is 3.80. The Kier molecular flexibility index (Phi) is 5.44. The van der Waals surface area contributed by atoms with Gasteiger partial charge in [-0.1, -0.05) is 26.3 Å². The highest BCUT2D eigenvalue weighted by molar-refractivity contribution is 6.21. The number of aromatic nitrogens is 2. The van der Waals surface area contributed by atoms with Gasteiger partial charge in [0, 0.05) is 13.6 Å². The van der Waals surface area contributed by atoms with Gasteiger partial charge < -0.3 is 9.47 Å². The van der Waals surface area contributed by atoms with E-state index in [0.29, 0.717) is 0 Å². The van der Waals surface area contributed by atoms with E-state index in [0.717, 1.165) is 36.2 Å². The molecule has 0 spiro atoms. The molecule has 0 radical (unpaired) electrons. The summed E-state index contributed by atoms with van der Waals surface area (Å²) in [6.45, 7) is 7.50. The van der Waals surface area contributed by atoms with Crippen molar-refractivity contribution in [2.45, 2.75) is 32.1 Å². The van der Waals surface area contributed by atoms with Gasteiger partial charge in [0.25, 0.3) is 0 Å². The largest absolute Gasteiger partial charge is 0.334 e. The van der Waals surface area contributed by atoms with Crippen molar-refractivity contribution in [3.05, 3.63) is 30.1 Å². The van der Waals surface area contributed by atoms with Crippen molar-refractivity contribution in [2.75, 3.05) is 19.6 Å². The van der Waals surface area contributed by atoms with Gasteiger partial charge in [-0.15, -0.1) is 11.6 Å². The summed E-state index contributed by atoms with van der Waals surface area (Å²) in [5.41, 5.74) is 3.33. The van der Waals surface area contributed by atoms with E-state index in [9.17, 15) is 0 Å². The Morgan fingerprint density at radius 3 is 2.85 bits per heavy atom. The first kappa shape index (κ1) is 15.3. The number of benzene rings is 1. The second-order valence-electron chi connectivity index (χ2n) is 5.32. The average Bonchev–Trinajstić information content (AvgIpc) is 2.84. The van der Waals surface area contributed by atoms with E-state index in [1.165, 1.54) is 12.8 Å². The fraction of sp³-hybridized carbons (Fsp3) is 0.562. The predicted molar refractivity (Wildman–Crippen MR) is 86.3 cm³/mol. The zero-order chi connectivity index (χ0) is 14.5. The highest BCUT2D eigenvalue weighted by atomic mass is 35.5. The van der Waals surface area contributed by atoms with Crippen LogP contribution in [0.3, 0.4) is 0 Å². The van der Waals surface area contributed by atoms with Crippen LogP contribution in [-0.4, -0.2) is 34.1 Å². The average molecular weight is 294 g/mol. The number of aryl methyl sites for hydroxylation is 1. The van der Waals surface area contributed by atoms with Gasteiger partial charge in [0.2, 0.25) is 0 Å². The first-order valence-corrected chi connectivity index (χ1v) is 7.86. The summed E-state index contributed by atoms with van der Waals surface area (Å²) >= 11 is 6.59. The third kappa shape index (κ3) is 3.53. The summed E-state index contributed by atoms with van der Waals surface area (Å²) in [7, 11) is 2.01. The summed E-state index contributed by atoms with van der Waals surface area (Å²) in [4.78, 5) is 6.82. The van der Waals surface area contributed by atoms with Crippen molar-refractivity contribution < 1.29 is 0 Å². The molecule has 4 heteroatoms. The molecule has 0 fully saturated rings. The molecule has 2 aromatic rings. The maximum Gasteiger partial charge on any atom is 0.0955 e. The molecule has 110 valence electrons. The van der Waals surface area contributed by atoms with Gasteiger partial charge in [-0.2, -0.15) is 0 Å². The molecule has 1 aromatic carbocycles. The number of imidazole rings is 1. The summed E-state index contributed by atoms with van der Waals surface area (Å²) < 4.78 is 2.03. The second-order valence-corrected chi connectivity index (χ2v) is 5.84. The molecule has 0 amide bonds.